The molecule has 0 aliphatic heterocycles. The molecule has 0 saturated carbocycles. The monoisotopic (exact) mass is 400 g/mol. The highest BCUT2D eigenvalue weighted by atomic mass is 32.2. The van der Waals surface area contributed by atoms with E-state index >= 15 is 0 Å². The van der Waals surface area contributed by atoms with E-state index in [1.54, 1.807) is 0 Å². The van der Waals surface area contributed by atoms with Crippen LogP contribution in [0.4, 0.5) is 4.39 Å². The van der Waals surface area contributed by atoms with Crippen LogP contribution < -0.4 is 10.6 Å². The Morgan fingerprint density at radius 2 is 1.85 bits per heavy atom. The van der Waals surface area contributed by atoms with Crippen molar-refractivity contribution in [1.82, 2.24) is 15.5 Å². The molecule has 2 N–H and O–H groups in total. The predicted molar refractivity (Wildman–Crippen MR) is 110 cm³/mol. The number of nitrogens with one attached hydrogen (secondary N) is 2. The largest absolute Gasteiger partial charge is 0.357 e. The summed E-state index contributed by atoms with van der Waals surface area (Å²) < 4.78 is 36.8. The zero-order valence-corrected chi connectivity index (χ0v) is 17.7. The summed E-state index contributed by atoms with van der Waals surface area (Å²) in [6.07, 6.45) is 2.16. The van der Waals surface area contributed by atoms with Gasteiger partial charge in [0.1, 0.15) is 5.82 Å². The third-order valence-electron chi connectivity index (χ3n) is 4.18. The van der Waals surface area contributed by atoms with Gasteiger partial charge in [0.05, 0.1) is 12.3 Å². The average Bonchev–Trinajstić information content (AvgIpc) is 2.60. The summed E-state index contributed by atoms with van der Waals surface area (Å²) in [5, 5.41) is 6.44. The molecule has 1 aromatic rings. The van der Waals surface area contributed by atoms with E-state index in [0.717, 1.165) is 32.6 Å². The molecule has 0 amide bonds. The number of rotatable bonds is 11. The quantitative estimate of drug-likeness (QED) is 0.338. The molecular weight excluding hydrogens is 367 g/mol. The van der Waals surface area contributed by atoms with Crippen LogP contribution >= 0.6 is 0 Å². The van der Waals surface area contributed by atoms with Crippen molar-refractivity contribution >= 4 is 15.8 Å². The van der Waals surface area contributed by atoms with Crippen LogP contribution in [0.15, 0.2) is 23.2 Å². The lowest BCUT2D eigenvalue weighted by Gasteiger charge is -2.18. The van der Waals surface area contributed by atoms with E-state index in [1.165, 1.54) is 24.5 Å². The van der Waals surface area contributed by atoms with Crippen molar-refractivity contribution in [3.63, 3.8) is 0 Å². The smallest absolute Gasteiger partial charge is 0.191 e. The van der Waals surface area contributed by atoms with Crippen molar-refractivity contribution in [3.8, 4) is 0 Å². The molecule has 0 radical (unpaired) electrons. The Morgan fingerprint density at radius 1 is 1.15 bits per heavy atom. The Labute approximate surface area is 163 Å². The second-order valence-corrected chi connectivity index (χ2v) is 8.63. The first kappa shape index (κ1) is 23.4. The van der Waals surface area contributed by atoms with Gasteiger partial charge < -0.3 is 15.5 Å². The zero-order chi connectivity index (χ0) is 20.3. The van der Waals surface area contributed by atoms with Crippen LogP contribution in [0.5, 0.6) is 0 Å². The van der Waals surface area contributed by atoms with Crippen LogP contribution in [0.3, 0.4) is 0 Å². The first-order valence-electron chi connectivity index (χ1n) is 9.48. The van der Waals surface area contributed by atoms with E-state index < -0.39 is 15.7 Å². The molecule has 0 spiro atoms. The molecule has 27 heavy (non-hydrogen) atoms. The molecule has 6 nitrogen and oxygen atoms in total. The van der Waals surface area contributed by atoms with Gasteiger partial charge in [0.2, 0.25) is 0 Å². The normalized spacial score (nSPS) is 12.4. The molecule has 0 heterocycles. The van der Waals surface area contributed by atoms with E-state index in [2.05, 4.69) is 34.4 Å². The van der Waals surface area contributed by atoms with E-state index in [4.69, 9.17) is 0 Å². The minimum absolute atomic E-state index is 0.119. The predicted octanol–water partition coefficient (Wildman–Crippen LogP) is 2.16. The second kappa shape index (κ2) is 11.9. The van der Waals surface area contributed by atoms with Gasteiger partial charge in [-0.05, 0) is 56.2 Å². The second-order valence-electron chi connectivity index (χ2n) is 6.49. The fourth-order valence-corrected chi connectivity index (χ4v) is 3.57. The zero-order valence-electron chi connectivity index (χ0n) is 16.9. The lowest BCUT2D eigenvalue weighted by atomic mass is 10.1. The standard InChI is InChI=1S/C19H33FN4O2S/c1-5-21-19(22-11-8-12-24(6-2)7-3)23-14-17-13-18(20)10-9-16(17)15-27(4,25)26/h9-10,13H,5-8,11-12,14-15H2,1-4H3,(H2,21,22,23). The average molecular weight is 401 g/mol. The van der Waals surface area contributed by atoms with E-state index in [9.17, 15) is 12.8 Å². The maximum Gasteiger partial charge on any atom is 0.191 e. The molecule has 0 bridgehead atoms. The number of halogens is 1. The van der Waals surface area contributed by atoms with Crippen molar-refractivity contribution in [2.24, 2.45) is 4.99 Å². The van der Waals surface area contributed by atoms with Crippen molar-refractivity contribution in [2.75, 3.05) is 39.0 Å². The third-order valence-corrected chi connectivity index (χ3v) is 5.01. The van der Waals surface area contributed by atoms with E-state index in [0.29, 0.717) is 23.6 Å². The molecular formula is C19H33FN4O2S. The number of hydrogen-bond acceptors (Lipinski definition) is 4. The highest BCUT2D eigenvalue weighted by Crippen LogP contribution is 2.15. The van der Waals surface area contributed by atoms with Gasteiger partial charge in [0, 0.05) is 19.3 Å². The van der Waals surface area contributed by atoms with E-state index in [-0.39, 0.29) is 12.3 Å². The van der Waals surface area contributed by atoms with Crippen LogP contribution in [0, 0.1) is 5.82 Å². The summed E-state index contributed by atoms with van der Waals surface area (Å²) in [4.78, 5) is 6.85. The van der Waals surface area contributed by atoms with Crippen molar-refractivity contribution in [1.29, 1.82) is 0 Å². The molecule has 1 rings (SSSR count). The lowest BCUT2D eigenvalue weighted by Crippen LogP contribution is -2.38. The molecule has 8 heteroatoms. The SMILES string of the molecule is CCNC(=NCc1cc(F)ccc1CS(C)(=O)=O)NCCCN(CC)CC. The summed E-state index contributed by atoms with van der Waals surface area (Å²) in [5.41, 5.74) is 1.17. The van der Waals surface area contributed by atoms with Crippen molar-refractivity contribution < 1.29 is 12.8 Å². The Balaban J connectivity index is 2.75. The summed E-state index contributed by atoms with van der Waals surface area (Å²) in [7, 11) is -3.20. The fraction of sp³-hybridized carbons (Fsp3) is 0.632. The van der Waals surface area contributed by atoms with Gasteiger partial charge in [-0.3, -0.25) is 0 Å². The number of aliphatic imine (C=N–C) groups is 1. The van der Waals surface area contributed by atoms with Crippen LogP contribution in [0.1, 0.15) is 38.3 Å². The van der Waals surface area contributed by atoms with Gasteiger partial charge in [0.25, 0.3) is 0 Å². The third kappa shape index (κ3) is 9.72. The number of guanidine groups is 1. The van der Waals surface area contributed by atoms with Gasteiger partial charge in [0.15, 0.2) is 15.8 Å². The molecule has 0 fully saturated rings. The van der Waals surface area contributed by atoms with Gasteiger partial charge in [-0.2, -0.15) is 0 Å². The fourth-order valence-electron chi connectivity index (χ4n) is 2.72. The summed E-state index contributed by atoms with van der Waals surface area (Å²) in [6.45, 7) is 11.1. The lowest BCUT2D eigenvalue weighted by molar-refractivity contribution is 0.300. The number of sulfone groups is 1. The topological polar surface area (TPSA) is 73.8 Å². The Hall–Kier alpha value is -1.67. The molecule has 0 aromatic heterocycles. The van der Waals surface area contributed by atoms with Crippen LogP contribution in [0.2, 0.25) is 0 Å². The maximum atomic E-state index is 13.6. The van der Waals surface area contributed by atoms with Gasteiger partial charge in [-0.25, -0.2) is 17.8 Å². The van der Waals surface area contributed by atoms with Gasteiger partial charge in [-0.15, -0.1) is 0 Å². The minimum Gasteiger partial charge on any atom is -0.357 e. The maximum absolute atomic E-state index is 13.6. The molecule has 0 saturated heterocycles. The Bertz CT molecular complexity index is 704. The molecule has 154 valence electrons. The summed E-state index contributed by atoms with van der Waals surface area (Å²) >= 11 is 0. The molecule has 0 aliphatic rings. The van der Waals surface area contributed by atoms with Gasteiger partial charge in [-0.1, -0.05) is 19.9 Å². The minimum atomic E-state index is -3.20. The van der Waals surface area contributed by atoms with Gasteiger partial charge >= 0.3 is 0 Å². The molecule has 0 atom stereocenters. The summed E-state index contributed by atoms with van der Waals surface area (Å²) in [6, 6.07) is 4.16. The van der Waals surface area contributed by atoms with E-state index in [1.807, 2.05) is 6.92 Å². The molecule has 0 unspecified atom stereocenters. The van der Waals surface area contributed by atoms with Crippen molar-refractivity contribution in [2.45, 2.75) is 39.5 Å². The molecule has 1 aromatic carbocycles. The first-order chi connectivity index (χ1) is 12.8. The van der Waals surface area contributed by atoms with Crippen LogP contribution in [-0.2, 0) is 22.1 Å². The van der Waals surface area contributed by atoms with Crippen LogP contribution in [0.25, 0.3) is 0 Å². The highest BCUT2D eigenvalue weighted by molar-refractivity contribution is 7.89. The number of hydrogen-bond donors (Lipinski definition) is 2. The first-order valence-corrected chi connectivity index (χ1v) is 11.5. The van der Waals surface area contributed by atoms with Crippen LogP contribution in [-0.4, -0.2) is 58.3 Å². The Kier molecular flexibility index (Phi) is 10.3. The van der Waals surface area contributed by atoms with Crippen molar-refractivity contribution in [3.05, 3.63) is 35.1 Å². The highest BCUT2D eigenvalue weighted by Gasteiger charge is 2.11. The summed E-state index contributed by atoms with van der Waals surface area (Å²) in [5.74, 6) is 0.132. The Morgan fingerprint density at radius 3 is 2.44 bits per heavy atom. The number of nitrogens with zero attached hydrogens (tertiary/aromatic N) is 2. The molecule has 0 aliphatic carbocycles. The number of benzene rings is 1.